The second kappa shape index (κ2) is 15.9. The molecule has 0 aliphatic rings. The first-order valence-corrected chi connectivity index (χ1v) is 3.50. The van der Waals surface area contributed by atoms with E-state index in [1.807, 2.05) is 0 Å². The van der Waals surface area contributed by atoms with Crippen molar-refractivity contribution < 1.29 is 19.7 Å². The monoisotopic (exact) mass is 167 g/mol. The van der Waals surface area contributed by atoms with Crippen LogP contribution in [0.15, 0.2) is 0 Å². The van der Waals surface area contributed by atoms with E-state index in [-0.39, 0.29) is 0 Å². The maximum atomic E-state index is 8.07. The Hall–Kier alpha value is 0.744. The average molecular weight is 168 g/mol. The molecule has 0 rings (SSSR count). The molecule has 49 valence electrons. The van der Waals surface area contributed by atoms with Crippen LogP contribution in [0.25, 0.3) is 0 Å². The Morgan fingerprint density at radius 1 is 1.57 bits per heavy atom. The van der Waals surface area contributed by atoms with Crippen molar-refractivity contribution in [3.63, 3.8) is 0 Å². The van der Waals surface area contributed by atoms with Gasteiger partial charge in [-0.1, -0.05) is 13.3 Å². The molecule has 0 aromatic carbocycles. The fourth-order valence-corrected chi connectivity index (χ4v) is 0.158. The van der Waals surface area contributed by atoms with Gasteiger partial charge in [0.1, 0.15) is 0 Å². The predicted octanol–water partition coefficient (Wildman–Crippen LogP) is 1.47. The van der Waals surface area contributed by atoms with Crippen molar-refractivity contribution in [2.45, 2.75) is 19.8 Å². The van der Waals surface area contributed by atoms with Crippen molar-refractivity contribution >= 4 is 10.2 Å². The summed E-state index contributed by atoms with van der Waals surface area (Å²) in [5, 5.41) is 8.07. The van der Waals surface area contributed by atoms with Gasteiger partial charge in [0.2, 0.25) is 0 Å². The molecule has 1 nitrogen and oxygen atoms in total. The molecule has 0 fully saturated rings. The molecule has 0 unspecified atom stereocenters. The van der Waals surface area contributed by atoms with E-state index in [0.29, 0.717) is 6.61 Å². The molecule has 0 atom stereocenters. The molecule has 0 aromatic rings. The van der Waals surface area contributed by atoms with E-state index in [0.717, 1.165) is 12.8 Å². The summed E-state index contributed by atoms with van der Waals surface area (Å²) in [5.41, 5.74) is 0. The van der Waals surface area contributed by atoms with E-state index in [9.17, 15) is 0 Å². The molecule has 1 N–H and O–H groups in total. The van der Waals surface area contributed by atoms with Gasteiger partial charge < -0.3 is 5.11 Å². The van der Waals surface area contributed by atoms with E-state index in [2.05, 4.69) is 31.7 Å². The van der Waals surface area contributed by atoms with Gasteiger partial charge in [-0.2, -0.15) is 0 Å². The number of aliphatic hydroxyl groups excluding tert-OH is 1. The zero-order chi connectivity index (χ0) is 6.12. The van der Waals surface area contributed by atoms with Gasteiger partial charge in [-0.25, -0.2) is 0 Å². The standard InChI is InChI=1S/C4H10O.ClH.Ni/c1-2-3-4-5;;/h5H,2-4H2,1H3;1H;/q;;+1/p-1. The number of hydrogen-bond acceptors (Lipinski definition) is 1. The zero-order valence-electron chi connectivity index (χ0n) is 4.26. The quantitative estimate of drug-likeness (QED) is 0.619. The number of hydrogen-bond donors (Lipinski definition) is 1. The first-order chi connectivity index (χ1) is 3.41. The van der Waals surface area contributed by atoms with E-state index in [1.54, 1.807) is 0 Å². The van der Waals surface area contributed by atoms with Crippen molar-refractivity contribution in [3.05, 3.63) is 0 Å². The summed E-state index contributed by atoms with van der Waals surface area (Å²) in [4.78, 5) is 0. The van der Waals surface area contributed by atoms with Crippen LogP contribution in [0.5, 0.6) is 0 Å². The van der Waals surface area contributed by atoms with Gasteiger partial charge in [-0.05, 0) is 6.42 Å². The molecule has 0 bridgehead atoms. The summed E-state index contributed by atoms with van der Waals surface area (Å²) < 4.78 is 0. The van der Waals surface area contributed by atoms with E-state index >= 15 is 0 Å². The van der Waals surface area contributed by atoms with Crippen molar-refractivity contribution in [2.75, 3.05) is 6.61 Å². The number of rotatable bonds is 2. The van der Waals surface area contributed by atoms with Gasteiger partial charge in [0.25, 0.3) is 0 Å². The Morgan fingerprint density at radius 3 is 2.00 bits per heavy atom. The van der Waals surface area contributed by atoms with Gasteiger partial charge in [0.15, 0.2) is 0 Å². The molecule has 0 aliphatic heterocycles. The number of unbranched alkanes of at least 4 members (excludes halogenated alkanes) is 1. The van der Waals surface area contributed by atoms with Crippen LogP contribution in [0.1, 0.15) is 19.8 Å². The molecule has 0 aromatic heterocycles. The van der Waals surface area contributed by atoms with Gasteiger partial charge in [0.05, 0.1) is 0 Å². The van der Waals surface area contributed by atoms with Crippen molar-refractivity contribution in [1.82, 2.24) is 0 Å². The first kappa shape index (κ1) is 10.7. The maximum absolute atomic E-state index is 8.07. The third-order valence-electron chi connectivity index (χ3n) is 0.512. The van der Waals surface area contributed by atoms with Crippen molar-refractivity contribution in [2.24, 2.45) is 0 Å². The van der Waals surface area contributed by atoms with Crippen molar-refractivity contribution in [3.8, 4) is 0 Å². The zero-order valence-corrected chi connectivity index (χ0v) is 6.01. The van der Waals surface area contributed by atoms with Crippen LogP contribution in [0, 0.1) is 0 Å². The van der Waals surface area contributed by atoms with Crippen LogP contribution >= 0.6 is 10.2 Å². The second-order valence-electron chi connectivity index (χ2n) is 1.08. The molecule has 0 amide bonds. The molecular formula is C4H10ClNiO. The van der Waals surface area contributed by atoms with Crippen LogP contribution in [-0.4, -0.2) is 11.7 Å². The fraction of sp³-hybridized carbons (Fsp3) is 1.00. The van der Waals surface area contributed by atoms with Gasteiger partial charge in [0, 0.05) is 6.61 Å². The molecule has 3 heteroatoms. The summed E-state index contributed by atoms with van der Waals surface area (Å²) in [6.45, 7) is 2.40. The van der Waals surface area contributed by atoms with Gasteiger partial charge in [-0.3, -0.25) is 0 Å². The summed E-state index contributed by atoms with van der Waals surface area (Å²) in [5.74, 6) is 0. The normalized spacial score (nSPS) is 7.00. The Kier molecular flexibility index (Phi) is 24.2. The summed E-state index contributed by atoms with van der Waals surface area (Å²) in [6, 6.07) is 0. The van der Waals surface area contributed by atoms with Crippen LogP contribution in [-0.2, 0) is 14.6 Å². The predicted molar refractivity (Wildman–Crippen MR) is 27.8 cm³/mol. The van der Waals surface area contributed by atoms with Crippen LogP contribution in [0.3, 0.4) is 0 Å². The SMILES string of the molecule is CCCCO.[Cl][Ni]. The molecule has 0 aliphatic carbocycles. The molecule has 7 heavy (non-hydrogen) atoms. The third-order valence-corrected chi connectivity index (χ3v) is 0.512. The number of halogens is 1. The van der Waals surface area contributed by atoms with E-state index in [4.69, 9.17) is 5.11 Å². The van der Waals surface area contributed by atoms with Crippen molar-refractivity contribution in [1.29, 1.82) is 0 Å². The fourth-order valence-electron chi connectivity index (χ4n) is 0.158. The molecular weight excluding hydrogens is 158 g/mol. The van der Waals surface area contributed by atoms with Crippen LogP contribution < -0.4 is 0 Å². The Morgan fingerprint density at radius 2 is 2.00 bits per heavy atom. The third kappa shape index (κ3) is 20.2. The summed E-state index contributed by atoms with van der Waals surface area (Å²) in [7, 11) is 4.26. The first-order valence-electron chi connectivity index (χ1n) is 2.14. The van der Waals surface area contributed by atoms with Crippen LogP contribution in [0.4, 0.5) is 0 Å². The minimum atomic E-state index is 0.344. The Labute approximate surface area is 56.7 Å². The van der Waals surface area contributed by atoms with Gasteiger partial charge >= 0.3 is 24.8 Å². The second-order valence-corrected chi connectivity index (χ2v) is 1.08. The van der Waals surface area contributed by atoms with Crippen LogP contribution in [0.2, 0.25) is 0 Å². The molecule has 0 saturated heterocycles. The Balaban J connectivity index is 0. The molecule has 0 heterocycles. The molecule has 0 saturated carbocycles. The Bertz CT molecular complexity index is 19.2. The van der Waals surface area contributed by atoms with E-state index < -0.39 is 0 Å². The average Bonchev–Trinajstić information content (AvgIpc) is 1.75. The van der Waals surface area contributed by atoms with Gasteiger partial charge in [-0.15, -0.1) is 0 Å². The van der Waals surface area contributed by atoms with E-state index in [1.165, 1.54) is 0 Å². The topological polar surface area (TPSA) is 20.2 Å². The summed E-state index contributed by atoms with van der Waals surface area (Å²) >= 11 is 3.35. The minimum absolute atomic E-state index is 0.344. The summed E-state index contributed by atoms with van der Waals surface area (Å²) in [6.07, 6.45) is 2.04. The molecule has 0 radical (unpaired) electrons. The molecule has 0 spiro atoms. The number of aliphatic hydroxyl groups is 1.